The standard InChI is InChI=1S/C18H20N2O5/c1-3-24-17(22)15(18(23)25-4-2)19-16(21)13-7-9-14(10-8-13)20-11-5-6-12-20/h5-12,15H,3-4H2,1-2H3,(H,19,21). The molecular formula is C18H20N2O5. The minimum Gasteiger partial charge on any atom is -0.464 e. The number of carbonyl (C=O) groups is 3. The quantitative estimate of drug-likeness (QED) is 0.610. The van der Waals surface area contributed by atoms with Gasteiger partial charge in [-0.1, -0.05) is 0 Å². The average molecular weight is 344 g/mol. The molecule has 1 aromatic heterocycles. The van der Waals surface area contributed by atoms with E-state index in [0.29, 0.717) is 5.56 Å². The molecule has 0 spiro atoms. The van der Waals surface area contributed by atoms with Gasteiger partial charge in [0.05, 0.1) is 13.2 Å². The van der Waals surface area contributed by atoms with Crippen molar-refractivity contribution >= 4 is 17.8 Å². The van der Waals surface area contributed by atoms with Crippen LogP contribution in [0.2, 0.25) is 0 Å². The maximum atomic E-state index is 12.3. The molecule has 25 heavy (non-hydrogen) atoms. The van der Waals surface area contributed by atoms with E-state index in [2.05, 4.69) is 5.32 Å². The van der Waals surface area contributed by atoms with Crippen LogP contribution in [0.1, 0.15) is 24.2 Å². The van der Waals surface area contributed by atoms with Crippen LogP contribution in [-0.4, -0.2) is 41.7 Å². The highest BCUT2D eigenvalue weighted by Gasteiger charge is 2.31. The Balaban J connectivity index is 2.11. The Morgan fingerprint density at radius 1 is 0.960 bits per heavy atom. The Labute approximate surface area is 145 Å². The van der Waals surface area contributed by atoms with Gasteiger partial charge in [0.15, 0.2) is 0 Å². The molecule has 2 aromatic rings. The van der Waals surface area contributed by atoms with Gasteiger partial charge < -0.3 is 19.4 Å². The summed E-state index contributed by atoms with van der Waals surface area (Å²) in [4.78, 5) is 36.1. The lowest BCUT2D eigenvalue weighted by Crippen LogP contribution is -2.48. The first-order chi connectivity index (χ1) is 12.1. The topological polar surface area (TPSA) is 86.6 Å². The van der Waals surface area contributed by atoms with Gasteiger partial charge in [-0.15, -0.1) is 0 Å². The maximum absolute atomic E-state index is 12.3. The summed E-state index contributed by atoms with van der Waals surface area (Å²) in [6, 6.07) is 9.04. The molecule has 0 saturated carbocycles. The number of benzene rings is 1. The predicted molar refractivity (Wildman–Crippen MR) is 90.3 cm³/mol. The molecule has 1 amide bonds. The molecule has 0 aliphatic carbocycles. The van der Waals surface area contributed by atoms with E-state index in [1.807, 2.05) is 29.1 Å². The van der Waals surface area contributed by atoms with Gasteiger partial charge in [0.25, 0.3) is 5.91 Å². The fraction of sp³-hybridized carbons (Fsp3) is 0.278. The van der Waals surface area contributed by atoms with E-state index in [-0.39, 0.29) is 13.2 Å². The number of hydrogen-bond acceptors (Lipinski definition) is 5. The first kappa shape index (κ1) is 18.3. The lowest BCUT2D eigenvalue weighted by atomic mass is 10.1. The number of carbonyl (C=O) groups excluding carboxylic acids is 3. The Morgan fingerprint density at radius 2 is 1.48 bits per heavy atom. The monoisotopic (exact) mass is 344 g/mol. The van der Waals surface area contributed by atoms with E-state index in [0.717, 1.165) is 5.69 Å². The lowest BCUT2D eigenvalue weighted by molar-refractivity contribution is -0.157. The van der Waals surface area contributed by atoms with E-state index in [4.69, 9.17) is 9.47 Å². The summed E-state index contributed by atoms with van der Waals surface area (Å²) in [5, 5.41) is 2.36. The molecule has 0 fully saturated rings. The summed E-state index contributed by atoms with van der Waals surface area (Å²) in [5.74, 6) is -2.26. The zero-order valence-electron chi connectivity index (χ0n) is 14.1. The van der Waals surface area contributed by atoms with Crippen LogP contribution in [0.3, 0.4) is 0 Å². The Kier molecular flexibility index (Phi) is 6.33. The molecule has 2 rings (SSSR count). The van der Waals surface area contributed by atoms with Crippen molar-refractivity contribution in [1.29, 1.82) is 0 Å². The molecule has 7 heteroatoms. The largest absolute Gasteiger partial charge is 0.464 e. The minimum atomic E-state index is -1.49. The van der Waals surface area contributed by atoms with Crippen LogP contribution in [0.15, 0.2) is 48.8 Å². The number of ether oxygens (including phenoxy) is 2. The Morgan fingerprint density at radius 3 is 1.96 bits per heavy atom. The first-order valence-electron chi connectivity index (χ1n) is 7.94. The average Bonchev–Trinajstić information content (AvgIpc) is 3.14. The van der Waals surface area contributed by atoms with E-state index >= 15 is 0 Å². The molecule has 1 N–H and O–H groups in total. The van der Waals surface area contributed by atoms with Gasteiger partial charge in [0, 0.05) is 23.6 Å². The zero-order chi connectivity index (χ0) is 18.2. The Bertz CT molecular complexity index is 704. The van der Waals surface area contributed by atoms with Gasteiger partial charge in [0.2, 0.25) is 6.04 Å². The Hall–Kier alpha value is -3.09. The molecule has 0 aliphatic heterocycles. The third kappa shape index (κ3) is 4.69. The van der Waals surface area contributed by atoms with E-state index < -0.39 is 23.9 Å². The van der Waals surface area contributed by atoms with Crippen molar-refractivity contribution in [1.82, 2.24) is 9.88 Å². The predicted octanol–water partition coefficient (Wildman–Crippen LogP) is 1.70. The van der Waals surface area contributed by atoms with Crippen LogP contribution in [0, 0.1) is 0 Å². The molecule has 132 valence electrons. The number of nitrogens with one attached hydrogen (secondary N) is 1. The fourth-order valence-electron chi connectivity index (χ4n) is 2.17. The van der Waals surface area contributed by atoms with Crippen molar-refractivity contribution in [3.63, 3.8) is 0 Å². The van der Waals surface area contributed by atoms with Crippen molar-refractivity contribution in [3.8, 4) is 5.69 Å². The van der Waals surface area contributed by atoms with Crippen LogP contribution < -0.4 is 5.32 Å². The SMILES string of the molecule is CCOC(=O)C(NC(=O)c1ccc(-n2cccc2)cc1)C(=O)OCC. The lowest BCUT2D eigenvalue weighted by Gasteiger charge is -2.16. The fourth-order valence-corrected chi connectivity index (χ4v) is 2.17. The molecule has 0 saturated heterocycles. The van der Waals surface area contributed by atoms with Crippen molar-refractivity contribution in [2.75, 3.05) is 13.2 Å². The second kappa shape index (κ2) is 8.68. The summed E-state index contributed by atoms with van der Waals surface area (Å²) >= 11 is 0. The van der Waals surface area contributed by atoms with Gasteiger partial charge in [-0.3, -0.25) is 4.79 Å². The van der Waals surface area contributed by atoms with Gasteiger partial charge in [-0.05, 0) is 50.2 Å². The van der Waals surface area contributed by atoms with Gasteiger partial charge in [0.1, 0.15) is 0 Å². The highest BCUT2D eigenvalue weighted by Crippen LogP contribution is 2.10. The first-order valence-corrected chi connectivity index (χ1v) is 7.94. The molecule has 7 nitrogen and oxygen atoms in total. The van der Waals surface area contributed by atoms with Crippen molar-refractivity contribution in [2.24, 2.45) is 0 Å². The summed E-state index contributed by atoms with van der Waals surface area (Å²) in [7, 11) is 0. The highest BCUT2D eigenvalue weighted by molar-refractivity contribution is 6.05. The molecule has 0 radical (unpaired) electrons. The zero-order valence-corrected chi connectivity index (χ0v) is 14.1. The van der Waals surface area contributed by atoms with E-state index in [9.17, 15) is 14.4 Å². The van der Waals surface area contributed by atoms with Crippen molar-refractivity contribution in [2.45, 2.75) is 19.9 Å². The number of amides is 1. The smallest absolute Gasteiger partial charge is 0.340 e. The second-order valence-corrected chi connectivity index (χ2v) is 5.05. The summed E-state index contributed by atoms with van der Waals surface area (Å²) in [5.41, 5.74) is 1.20. The third-order valence-electron chi connectivity index (χ3n) is 3.35. The van der Waals surface area contributed by atoms with Crippen LogP contribution in [-0.2, 0) is 19.1 Å². The van der Waals surface area contributed by atoms with E-state index in [1.165, 1.54) is 0 Å². The third-order valence-corrected chi connectivity index (χ3v) is 3.35. The molecule has 0 aliphatic rings. The summed E-state index contributed by atoms with van der Waals surface area (Å²) in [6.45, 7) is 3.41. The van der Waals surface area contributed by atoms with Gasteiger partial charge in [-0.25, -0.2) is 9.59 Å². The number of rotatable bonds is 7. The molecule has 1 heterocycles. The summed E-state index contributed by atoms with van der Waals surface area (Å²) < 4.78 is 11.5. The van der Waals surface area contributed by atoms with Crippen LogP contribution >= 0.6 is 0 Å². The van der Waals surface area contributed by atoms with Gasteiger partial charge >= 0.3 is 11.9 Å². The number of hydrogen-bond donors (Lipinski definition) is 1. The van der Waals surface area contributed by atoms with Gasteiger partial charge in [-0.2, -0.15) is 0 Å². The van der Waals surface area contributed by atoms with E-state index in [1.54, 1.807) is 38.1 Å². The number of nitrogens with zero attached hydrogens (tertiary/aromatic N) is 1. The minimum absolute atomic E-state index is 0.0934. The number of aromatic nitrogens is 1. The second-order valence-electron chi connectivity index (χ2n) is 5.05. The summed E-state index contributed by atoms with van der Waals surface area (Å²) in [6.07, 6.45) is 3.76. The van der Waals surface area contributed by atoms with Crippen molar-refractivity contribution < 1.29 is 23.9 Å². The normalized spacial score (nSPS) is 10.4. The number of esters is 2. The molecular weight excluding hydrogens is 324 g/mol. The maximum Gasteiger partial charge on any atom is 0.340 e. The van der Waals surface area contributed by atoms with Crippen LogP contribution in [0.25, 0.3) is 5.69 Å². The molecule has 1 aromatic carbocycles. The molecule has 0 unspecified atom stereocenters. The molecule has 0 bridgehead atoms. The molecule has 0 atom stereocenters. The van der Waals surface area contributed by atoms with Crippen molar-refractivity contribution in [3.05, 3.63) is 54.4 Å². The van der Waals surface area contributed by atoms with Crippen LogP contribution in [0.5, 0.6) is 0 Å². The highest BCUT2D eigenvalue weighted by atomic mass is 16.6. The van der Waals surface area contributed by atoms with Crippen LogP contribution in [0.4, 0.5) is 0 Å².